The molecule has 18 heavy (non-hydrogen) atoms. The summed E-state index contributed by atoms with van der Waals surface area (Å²) in [4.78, 5) is 2.45. The molecule has 0 amide bonds. The lowest BCUT2D eigenvalue weighted by Gasteiger charge is -2.33. The molecule has 2 aliphatic rings. The van der Waals surface area contributed by atoms with E-state index in [0.717, 1.165) is 5.92 Å². The molecule has 0 aromatic heterocycles. The van der Waals surface area contributed by atoms with Gasteiger partial charge >= 0.3 is 0 Å². The minimum absolute atomic E-state index is 0.426. The molecule has 2 rings (SSSR count). The first-order valence-corrected chi connectivity index (χ1v) is 7.71. The topological polar surface area (TPSA) is 24.5 Å². The van der Waals surface area contributed by atoms with E-state index < -0.39 is 0 Å². The molecule has 2 saturated heterocycles. The fourth-order valence-electron chi connectivity index (χ4n) is 3.41. The van der Waals surface area contributed by atoms with Crippen molar-refractivity contribution in [1.82, 2.24) is 10.2 Å². The molecule has 0 saturated carbocycles. The molecule has 3 heteroatoms. The Morgan fingerprint density at radius 1 is 1.11 bits per heavy atom. The highest BCUT2D eigenvalue weighted by molar-refractivity contribution is 4.79. The maximum absolute atomic E-state index is 5.78. The number of hydrogen-bond acceptors (Lipinski definition) is 3. The Morgan fingerprint density at radius 3 is 2.33 bits per heavy atom. The van der Waals surface area contributed by atoms with E-state index in [1.165, 1.54) is 51.7 Å². The van der Waals surface area contributed by atoms with Crippen molar-refractivity contribution in [3.63, 3.8) is 0 Å². The van der Waals surface area contributed by atoms with Gasteiger partial charge in [-0.05, 0) is 78.6 Å². The van der Waals surface area contributed by atoms with Crippen LogP contribution in [0.15, 0.2) is 0 Å². The zero-order chi connectivity index (χ0) is 13.0. The first-order chi connectivity index (χ1) is 8.63. The van der Waals surface area contributed by atoms with Gasteiger partial charge < -0.3 is 15.0 Å². The van der Waals surface area contributed by atoms with E-state index in [1.54, 1.807) is 0 Å². The largest absolute Gasteiger partial charge is 0.375 e. The van der Waals surface area contributed by atoms with Gasteiger partial charge in [0.2, 0.25) is 0 Å². The molecule has 0 aromatic rings. The molecule has 2 atom stereocenters. The van der Waals surface area contributed by atoms with Crippen LogP contribution in [0.1, 0.15) is 46.0 Å². The van der Waals surface area contributed by atoms with Gasteiger partial charge in [0.25, 0.3) is 0 Å². The Hall–Kier alpha value is -0.120. The van der Waals surface area contributed by atoms with Crippen molar-refractivity contribution in [2.24, 2.45) is 5.92 Å². The molecule has 2 unspecified atom stereocenters. The lowest BCUT2D eigenvalue weighted by atomic mass is 9.93. The van der Waals surface area contributed by atoms with Gasteiger partial charge in [0, 0.05) is 6.04 Å². The maximum Gasteiger partial charge on any atom is 0.0565 e. The molecule has 1 N–H and O–H groups in total. The summed E-state index contributed by atoms with van der Waals surface area (Å²) in [5.74, 6) is 0.948. The number of hydrogen-bond donors (Lipinski definition) is 1. The normalized spacial score (nSPS) is 35.8. The van der Waals surface area contributed by atoms with Crippen molar-refractivity contribution in [3.8, 4) is 0 Å². The van der Waals surface area contributed by atoms with Crippen molar-refractivity contribution < 1.29 is 4.74 Å². The average molecular weight is 254 g/mol. The van der Waals surface area contributed by atoms with Crippen LogP contribution in [0.2, 0.25) is 0 Å². The molecule has 3 nitrogen and oxygen atoms in total. The number of piperidine rings is 1. The van der Waals surface area contributed by atoms with Crippen LogP contribution in [0.4, 0.5) is 0 Å². The summed E-state index contributed by atoms with van der Waals surface area (Å²) >= 11 is 0. The SMILES string of the molecule is CC1CC(NCCC2CCN(C)CC2)CC(C)O1. The highest BCUT2D eigenvalue weighted by Gasteiger charge is 2.24. The summed E-state index contributed by atoms with van der Waals surface area (Å²) in [5.41, 5.74) is 0. The van der Waals surface area contributed by atoms with E-state index in [0.29, 0.717) is 18.2 Å². The van der Waals surface area contributed by atoms with Gasteiger partial charge in [-0.3, -0.25) is 0 Å². The van der Waals surface area contributed by atoms with Crippen LogP contribution in [0.3, 0.4) is 0 Å². The van der Waals surface area contributed by atoms with Crippen molar-refractivity contribution >= 4 is 0 Å². The average Bonchev–Trinajstić information content (AvgIpc) is 2.30. The van der Waals surface area contributed by atoms with E-state index in [4.69, 9.17) is 4.74 Å². The summed E-state index contributed by atoms with van der Waals surface area (Å²) in [6.07, 6.45) is 7.34. The van der Waals surface area contributed by atoms with E-state index in [9.17, 15) is 0 Å². The Kier molecular flexibility index (Phi) is 5.46. The van der Waals surface area contributed by atoms with Gasteiger partial charge in [-0.25, -0.2) is 0 Å². The third-order valence-electron chi connectivity index (χ3n) is 4.52. The number of rotatable bonds is 4. The summed E-state index contributed by atoms with van der Waals surface area (Å²) in [6, 6.07) is 0.676. The van der Waals surface area contributed by atoms with E-state index in [1.807, 2.05) is 0 Å². The van der Waals surface area contributed by atoms with Crippen LogP contribution in [-0.2, 0) is 4.74 Å². The molecular formula is C15H30N2O. The van der Waals surface area contributed by atoms with Gasteiger partial charge in [-0.2, -0.15) is 0 Å². The Bertz CT molecular complexity index is 229. The fraction of sp³-hybridized carbons (Fsp3) is 1.00. The van der Waals surface area contributed by atoms with Gasteiger partial charge in [-0.1, -0.05) is 0 Å². The van der Waals surface area contributed by atoms with Gasteiger partial charge in [-0.15, -0.1) is 0 Å². The first-order valence-electron chi connectivity index (χ1n) is 7.71. The van der Waals surface area contributed by atoms with Crippen LogP contribution >= 0.6 is 0 Å². The minimum Gasteiger partial charge on any atom is -0.375 e. The van der Waals surface area contributed by atoms with Gasteiger partial charge in [0.15, 0.2) is 0 Å². The third kappa shape index (κ3) is 4.52. The van der Waals surface area contributed by atoms with Gasteiger partial charge in [0.1, 0.15) is 0 Å². The van der Waals surface area contributed by atoms with Crippen LogP contribution in [0.5, 0.6) is 0 Å². The van der Waals surface area contributed by atoms with Crippen LogP contribution in [0, 0.1) is 5.92 Å². The molecule has 0 spiro atoms. The fourth-order valence-corrected chi connectivity index (χ4v) is 3.41. The first kappa shape index (κ1) is 14.3. The van der Waals surface area contributed by atoms with Crippen LogP contribution in [0.25, 0.3) is 0 Å². The molecule has 2 fully saturated rings. The molecule has 2 heterocycles. The number of nitrogens with zero attached hydrogens (tertiary/aromatic N) is 1. The molecule has 0 aliphatic carbocycles. The second kappa shape index (κ2) is 6.88. The molecule has 2 aliphatic heterocycles. The third-order valence-corrected chi connectivity index (χ3v) is 4.52. The summed E-state index contributed by atoms with van der Waals surface area (Å²) in [6.45, 7) is 8.16. The smallest absolute Gasteiger partial charge is 0.0565 e. The van der Waals surface area contributed by atoms with Crippen molar-refractivity contribution in [3.05, 3.63) is 0 Å². The van der Waals surface area contributed by atoms with Crippen molar-refractivity contribution in [2.45, 2.75) is 64.2 Å². The highest BCUT2D eigenvalue weighted by atomic mass is 16.5. The Labute approximate surface area is 112 Å². The standard InChI is InChI=1S/C15H30N2O/c1-12-10-15(11-13(2)18-12)16-7-4-14-5-8-17(3)9-6-14/h12-16H,4-11H2,1-3H3. The minimum atomic E-state index is 0.426. The highest BCUT2D eigenvalue weighted by Crippen LogP contribution is 2.21. The number of likely N-dealkylation sites (tertiary alicyclic amines) is 1. The second-order valence-corrected chi connectivity index (χ2v) is 6.42. The summed E-state index contributed by atoms with van der Waals surface area (Å²) in [5, 5.41) is 3.75. The Morgan fingerprint density at radius 2 is 1.72 bits per heavy atom. The second-order valence-electron chi connectivity index (χ2n) is 6.42. The lowest BCUT2D eigenvalue weighted by Crippen LogP contribution is -2.42. The molecule has 0 bridgehead atoms. The van der Waals surface area contributed by atoms with Crippen LogP contribution < -0.4 is 5.32 Å². The zero-order valence-corrected chi connectivity index (χ0v) is 12.3. The molecule has 106 valence electrons. The molecular weight excluding hydrogens is 224 g/mol. The van der Waals surface area contributed by atoms with Gasteiger partial charge in [0.05, 0.1) is 12.2 Å². The predicted molar refractivity (Wildman–Crippen MR) is 75.9 cm³/mol. The number of nitrogens with one attached hydrogen (secondary N) is 1. The van der Waals surface area contributed by atoms with E-state index in [-0.39, 0.29) is 0 Å². The lowest BCUT2D eigenvalue weighted by molar-refractivity contribution is -0.0421. The van der Waals surface area contributed by atoms with Crippen LogP contribution in [-0.4, -0.2) is 49.8 Å². The van der Waals surface area contributed by atoms with E-state index >= 15 is 0 Å². The Balaban J connectivity index is 1.60. The van der Waals surface area contributed by atoms with Crippen molar-refractivity contribution in [1.29, 1.82) is 0 Å². The maximum atomic E-state index is 5.78. The monoisotopic (exact) mass is 254 g/mol. The quantitative estimate of drug-likeness (QED) is 0.833. The summed E-state index contributed by atoms with van der Waals surface area (Å²) in [7, 11) is 2.24. The predicted octanol–water partition coefficient (Wildman–Crippen LogP) is 2.26. The van der Waals surface area contributed by atoms with Crippen molar-refractivity contribution in [2.75, 3.05) is 26.7 Å². The zero-order valence-electron chi connectivity index (χ0n) is 12.3. The van der Waals surface area contributed by atoms with E-state index in [2.05, 4.69) is 31.1 Å². The number of ether oxygens (including phenoxy) is 1. The molecule has 0 aromatic carbocycles. The molecule has 0 radical (unpaired) electrons. The summed E-state index contributed by atoms with van der Waals surface area (Å²) < 4.78 is 5.78.